The van der Waals surface area contributed by atoms with Gasteiger partial charge in [0.25, 0.3) is 0 Å². The number of aldehydes is 1. The standard InChI is InChI=1S/C17H18O2/c1-12(2)14-4-7-16(8-5-14)19-17-9-6-15(11-18)13(3)10-17/h4-12H,1-3H3. The molecule has 0 bridgehead atoms. The van der Waals surface area contributed by atoms with Crippen molar-refractivity contribution in [3.8, 4) is 11.5 Å². The van der Waals surface area contributed by atoms with E-state index in [0.29, 0.717) is 11.5 Å². The number of hydrogen-bond acceptors (Lipinski definition) is 2. The summed E-state index contributed by atoms with van der Waals surface area (Å²) < 4.78 is 5.78. The van der Waals surface area contributed by atoms with Gasteiger partial charge in [0.15, 0.2) is 0 Å². The fourth-order valence-corrected chi connectivity index (χ4v) is 1.90. The summed E-state index contributed by atoms with van der Waals surface area (Å²) in [4.78, 5) is 10.8. The van der Waals surface area contributed by atoms with Crippen molar-refractivity contribution in [2.45, 2.75) is 26.7 Å². The van der Waals surface area contributed by atoms with Gasteiger partial charge in [-0.3, -0.25) is 4.79 Å². The number of aryl methyl sites for hydroxylation is 1. The van der Waals surface area contributed by atoms with Crippen LogP contribution >= 0.6 is 0 Å². The van der Waals surface area contributed by atoms with Crippen LogP contribution in [-0.2, 0) is 0 Å². The van der Waals surface area contributed by atoms with E-state index in [1.165, 1.54) is 5.56 Å². The number of rotatable bonds is 4. The number of carbonyl (C=O) groups excluding carboxylic acids is 1. The number of hydrogen-bond donors (Lipinski definition) is 0. The Labute approximate surface area is 114 Å². The van der Waals surface area contributed by atoms with Gasteiger partial charge in [0.1, 0.15) is 17.8 Å². The van der Waals surface area contributed by atoms with Crippen molar-refractivity contribution in [1.82, 2.24) is 0 Å². The summed E-state index contributed by atoms with van der Waals surface area (Å²) in [5, 5.41) is 0. The van der Waals surface area contributed by atoms with Crippen LogP contribution in [-0.4, -0.2) is 6.29 Å². The summed E-state index contributed by atoms with van der Waals surface area (Å²) in [6, 6.07) is 13.6. The molecule has 0 aromatic heterocycles. The topological polar surface area (TPSA) is 26.3 Å². The minimum absolute atomic E-state index is 0.517. The highest BCUT2D eigenvalue weighted by atomic mass is 16.5. The largest absolute Gasteiger partial charge is 0.457 e. The molecule has 0 heterocycles. The molecule has 19 heavy (non-hydrogen) atoms. The Morgan fingerprint density at radius 3 is 2.16 bits per heavy atom. The molecule has 2 aromatic rings. The minimum atomic E-state index is 0.517. The van der Waals surface area contributed by atoms with Crippen LogP contribution in [0, 0.1) is 6.92 Å². The Morgan fingerprint density at radius 2 is 1.63 bits per heavy atom. The smallest absolute Gasteiger partial charge is 0.150 e. The first-order valence-corrected chi connectivity index (χ1v) is 6.44. The van der Waals surface area contributed by atoms with Crippen molar-refractivity contribution in [1.29, 1.82) is 0 Å². The molecule has 0 aliphatic heterocycles. The highest BCUT2D eigenvalue weighted by Crippen LogP contribution is 2.25. The normalized spacial score (nSPS) is 10.5. The van der Waals surface area contributed by atoms with Gasteiger partial charge in [-0.15, -0.1) is 0 Å². The van der Waals surface area contributed by atoms with Crippen LogP contribution in [0.3, 0.4) is 0 Å². The molecule has 0 radical (unpaired) electrons. The van der Waals surface area contributed by atoms with Crippen LogP contribution in [0.2, 0.25) is 0 Å². The van der Waals surface area contributed by atoms with Crippen molar-refractivity contribution < 1.29 is 9.53 Å². The summed E-state index contributed by atoms with van der Waals surface area (Å²) in [6.07, 6.45) is 0.858. The van der Waals surface area contributed by atoms with Crippen LogP contribution < -0.4 is 4.74 Å². The lowest BCUT2D eigenvalue weighted by molar-refractivity contribution is 0.112. The third kappa shape index (κ3) is 3.22. The SMILES string of the molecule is Cc1cc(Oc2ccc(C(C)C)cc2)ccc1C=O. The van der Waals surface area contributed by atoms with Crippen molar-refractivity contribution in [3.63, 3.8) is 0 Å². The Morgan fingerprint density at radius 1 is 1.00 bits per heavy atom. The maximum absolute atomic E-state index is 10.8. The number of ether oxygens (including phenoxy) is 1. The first-order chi connectivity index (χ1) is 9.10. The van der Waals surface area contributed by atoms with E-state index in [1.54, 1.807) is 6.07 Å². The summed E-state index contributed by atoms with van der Waals surface area (Å²) in [5.41, 5.74) is 2.91. The second-order valence-corrected chi connectivity index (χ2v) is 4.96. The van der Waals surface area contributed by atoms with Gasteiger partial charge >= 0.3 is 0 Å². The van der Waals surface area contributed by atoms with E-state index in [1.807, 2.05) is 31.2 Å². The van der Waals surface area contributed by atoms with Gasteiger partial charge in [-0.1, -0.05) is 26.0 Å². The third-order valence-electron chi connectivity index (χ3n) is 3.15. The zero-order chi connectivity index (χ0) is 13.8. The second kappa shape index (κ2) is 5.70. The van der Waals surface area contributed by atoms with Gasteiger partial charge in [0.2, 0.25) is 0 Å². The number of benzene rings is 2. The average Bonchev–Trinajstić information content (AvgIpc) is 2.39. The molecular formula is C17H18O2. The monoisotopic (exact) mass is 254 g/mol. The minimum Gasteiger partial charge on any atom is -0.457 e. The van der Waals surface area contributed by atoms with E-state index < -0.39 is 0 Å². The highest BCUT2D eigenvalue weighted by Gasteiger charge is 2.03. The predicted octanol–water partition coefficient (Wildman–Crippen LogP) is 4.72. The maximum Gasteiger partial charge on any atom is 0.150 e. The van der Waals surface area contributed by atoms with E-state index in [9.17, 15) is 4.79 Å². The molecule has 0 N–H and O–H groups in total. The molecule has 0 saturated heterocycles. The molecular weight excluding hydrogens is 236 g/mol. The van der Waals surface area contributed by atoms with E-state index in [4.69, 9.17) is 4.74 Å². The zero-order valence-electron chi connectivity index (χ0n) is 11.5. The molecule has 0 unspecified atom stereocenters. The summed E-state index contributed by atoms with van der Waals surface area (Å²) in [5.74, 6) is 2.08. The molecule has 98 valence electrons. The second-order valence-electron chi connectivity index (χ2n) is 4.96. The van der Waals surface area contributed by atoms with Crippen molar-refractivity contribution in [3.05, 3.63) is 59.2 Å². The van der Waals surface area contributed by atoms with Gasteiger partial charge < -0.3 is 4.74 Å². The van der Waals surface area contributed by atoms with Gasteiger partial charge in [-0.05, 0) is 54.3 Å². The summed E-state index contributed by atoms with van der Waals surface area (Å²) in [7, 11) is 0. The van der Waals surface area contributed by atoms with Crippen LogP contribution in [0.4, 0.5) is 0 Å². The quantitative estimate of drug-likeness (QED) is 0.738. The molecule has 2 aromatic carbocycles. The van der Waals surface area contributed by atoms with Crippen molar-refractivity contribution >= 4 is 6.29 Å². The lowest BCUT2D eigenvalue weighted by Gasteiger charge is -2.09. The van der Waals surface area contributed by atoms with Crippen molar-refractivity contribution in [2.75, 3.05) is 0 Å². The molecule has 0 fully saturated rings. The molecule has 2 heteroatoms. The first-order valence-electron chi connectivity index (χ1n) is 6.44. The van der Waals surface area contributed by atoms with Crippen molar-refractivity contribution in [2.24, 2.45) is 0 Å². The first kappa shape index (κ1) is 13.3. The Hall–Kier alpha value is -2.09. The van der Waals surface area contributed by atoms with E-state index in [-0.39, 0.29) is 0 Å². The highest BCUT2D eigenvalue weighted by molar-refractivity contribution is 5.77. The Balaban J connectivity index is 2.16. The van der Waals surface area contributed by atoms with Crippen LogP contribution in [0.1, 0.15) is 41.3 Å². The third-order valence-corrected chi connectivity index (χ3v) is 3.15. The summed E-state index contributed by atoms with van der Waals surface area (Å²) in [6.45, 7) is 6.23. The Bertz CT molecular complexity index is 568. The fraction of sp³-hybridized carbons (Fsp3) is 0.235. The van der Waals surface area contributed by atoms with E-state index >= 15 is 0 Å². The fourth-order valence-electron chi connectivity index (χ4n) is 1.90. The van der Waals surface area contributed by atoms with Crippen LogP contribution in [0.5, 0.6) is 11.5 Å². The molecule has 0 aliphatic rings. The lowest BCUT2D eigenvalue weighted by Crippen LogP contribution is -1.90. The molecule has 2 rings (SSSR count). The van der Waals surface area contributed by atoms with E-state index in [0.717, 1.165) is 23.3 Å². The molecule has 0 saturated carbocycles. The zero-order valence-corrected chi connectivity index (χ0v) is 11.5. The Kier molecular flexibility index (Phi) is 4.00. The van der Waals surface area contributed by atoms with Gasteiger partial charge in [-0.25, -0.2) is 0 Å². The van der Waals surface area contributed by atoms with E-state index in [2.05, 4.69) is 26.0 Å². The van der Waals surface area contributed by atoms with Crippen LogP contribution in [0.25, 0.3) is 0 Å². The molecule has 0 atom stereocenters. The molecule has 0 aliphatic carbocycles. The number of carbonyl (C=O) groups is 1. The predicted molar refractivity (Wildman–Crippen MR) is 77.2 cm³/mol. The lowest BCUT2D eigenvalue weighted by atomic mass is 10.0. The maximum atomic E-state index is 10.8. The average molecular weight is 254 g/mol. The molecule has 2 nitrogen and oxygen atoms in total. The van der Waals surface area contributed by atoms with Gasteiger partial charge in [0.05, 0.1) is 0 Å². The van der Waals surface area contributed by atoms with Gasteiger partial charge in [-0.2, -0.15) is 0 Å². The van der Waals surface area contributed by atoms with Gasteiger partial charge in [0, 0.05) is 5.56 Å². The molecule has 0 spiro atoms. The summed E-state index contributed by atoms with van der Waals surface area (Å²) >= 11 is 0. The van der Waals surface area contributed by atoms with Crippen LogP contribution in [0.15, 0.2) is 42.5 Å². The molecule has 0 amide bonds.